The number of nitriles is 1. The lowest BCUT2D eigenvalue weighted by Gasteiger charge is -2.16. The van der Waals surface area contributed by atoms with Crippen molar-refractivity contribution >= 4 is 11.8 Å². The van der Waals surface area contributed by atoms with Crippen LogP contribution in [-0.4, -0.2) is 35.9 Å². The molecule has 0 fully saturated rings. The number of guanidine groups is 1. The molecule has 0 radical (unpaired) electrons. The fourth-order valence-corrected chi connectivity index (χ4v) is 3.57. The molecule has 0 saturated heterocycles. The Hall–Kier alpha value is -3.79. The Bertz CT molecular complexity index is 1090. The second-order valence-corrected chi connectivity index (χ2v) is 7.86. The summed E-state index contributed by atoms with van der Waals surface area (Å²) in [6.07, 6.45) is 1.45. The molecule has 4 N–H and O–H groups in total. The predicted molar refractivity (Wildman–Crippen MR) is 130 cm³/mol. The normalized spacial score (nSPS) is 12.2. The molecule has 7 nitrogen and oxygen atoms in total. The van der Waals surface area contributed by atoms with Gasteiger partial charge in [-0.2, -0.15) is 10.4 Å². The summed E-state index contributed by atoms with van der Waals surface area (Å²) in [4.78, 5) is 4.31. The van der Waals surface area contributed by atoms with E-state index in [1.165, 1.54) is 11.1 Å². The zero-order chi connectivity index (χ0) is 22.9. The number of hydrogen-bond donors (Lipinski definition) is 3. The first-order chi connectivity index (χ1) is 15.5. The van der Waals surface area contributed by atoms with E-state index in [-0.39, 0.29) is 0 Å². The van der Waals surface area contributed by atoms with Gasteiger partial charge in [0.15, 0.2) is 5.96 Å². The van der Waals surface area contributed by atoms with E-state index in [4.69, 9.17) is 5.73 Å². The first-order valence-electron chi connectivity index (χ1n) is 10.9. The highest BCUT2D eigenvalue weighted by Crippen LogP contribution is 2.21. The van der Waals surface area contributed by atoms with Crippen molar-refractivity contribution in [3.8, 4) is 11.8 Å². The third-order valence-corrected chi connectivity index (χ3v) is 5.40. The third-order valence-electron chi connectivity index (χ3n) is 5.40. The van der Waals surface area contributed by atoms with Crippen LogP contribution in [0.25, 0.3) is 5.69 Å². The van der Waals surface area contributed by atoms with E-state index in [0.29, 0.717) is 36.0 Å². The van der Waals surface area contributed by atoms with Crippen molar-refractivity contribution in [3.63, 3.8) is 0 Å². The van der Waals surface area contributed by atoms with E-state index in [2.05, 4.69) is 64.9 Å². The van der Waals surface area contributed by atoms with Gasteiger partial charge in [0.2, 0.25) is 0 Å². The second-order valence-electron chi connectivity index (χ2n) is 7.86. The maximum atomic E-state index is 9.55. The lowest BCUT2D eigenvalue weighted by Crippen LogP contribution is -2.39. The maximum absolute atomic E-state index is 9.55. The number of rotatable bonds is 8. The Kier molecular flexibility index (Phi) is 7.87. The van der Waals surface area contributed by atoms with Crippen molar-refractivity contribution in [1.29, 1.82) is 5.26 Å². The number of benzene rings is 2. The Morgan fingerprint density at radius 2 is 1.97 bits per heavy atom. The third kappa shape index (κ3) is 5.67. The minimum Gasteiger partial charge on any atom is -0.382 e. The first kappa shape index (κ1) is 22.9. The Morgan fingerprint density at radius 3 is 2.66 bits per heavy atom. The zero-order valence-corrected chi connectivity index (χ0v) is 19.0. The molecule has 0 bridgehead atoms. The number of nitrogens with zero attached hydrogens (tertiary/aromatic N) is 4. The van der Waals surface area contributed by atoms with Gasteiger partial charge in [-0.1, -0.05) is 55.0 Å². The Balaban J connectivity index is 1.51. The van der Waals surface area contributed by atoms with Gasteiger partial charge in [-0.15, -0.1) is 0 Å². The van der Waals surface area contributed by atoms with Crippen LogP contribution in [0.2, 0.25) is 0 Å². The van der Waals surface area contributed by atoms with Gasteiger partial charge in [0, 0.05) is 20.1 Å². The summed E-state index contributed by atoms with van der Waals surface area (Å²) in [6.45, 7) is 5.81. The lowest BCUT2D eigenvalue weighted by molar-refractivity contribution is 0.684. The van der Waals surface area contributed by atoms with Crippen LogP contribution in [0, 0.1) is 18.3 Å². The molecule has 0 aliphatic carbocycles. The van der Waals surface area contributed by atoms with Crippen LogP contribution in [0.3, 0.4) is 0 Å². The van der Waals surface area contributed by atoms with Gasteiger partial charge in [0.1, 0.15) is 17.5 Å². The number of aromatic nitrogens is 2. The summed E-state index contributed by atoms with van der Waals surface area (Å²) in [5, 5.41) is 20.9. The molecule has 0 amide bonds. The summed E-state index contributed by atoms with van der Waals surface area (Å²) in [5.74, 6) is 1.51. The van der Waals surface area contributed by atoms with E-state index in [0.717, 1.165) is 24.6 Å². The molecular formula is C25H31N7. The largest absolute Gasteiger partial charge is 0.382 e. The average Bonchev–Trinajstić information content (AvgIpc) is 3.14. The monoisotopic (exact) mass is 429 g/mol. The van der Waals surface area contributed by atoms with Gasteiger partial charge in [-0.25, -0.2) is 4.68 Å². The molecule has 1 atom stereocenters. The standard InChI is InChI=1S/C25H31N7/c1-18-9-7-10-20(15-18)19(2)17-30-25(28-3)29-14-8-13-23-22(16-26)24(27)32(31-23)21-11-5-4-6-12-21/h4-7,9-12,15,19H,8,13-14,17,27H2,1-3H3,(H2,28,29,30). The number of nitrogens with two attached hydrogens (primary N) is 1. The van der Waals surface area contributed by atoms with Crippen LogP contribution < -0.4 is 16.4 Å². The first-order valence-corrected chi connectivity index (χ1v) is 10.9. The highest BCUT2D eigenvalue weighted by Gasteiger charge is 2.16. The molecule has 0 aliphatic heterocycles. The molecular weight excluding hydrogens is 398 g/mol. The van der Waals surface area contributed by atoms with Crippen LogP contribution in [0.1, 0.15) is 41.6 Å². The topological polar surface area (TPSA) is 104 Å². The fraction of sp³-hybridized carbons (Fsp3) is 0.320. The zero-order valence-electron chi connectivity index (χ0n) is 19.0. The summed E-state index contributed by atoms with van der Waals surface area (Å²) in [5.41, 5.74) is 10.8. The van der Waals surface area contributed by atoms with Crippen molar-refractivity contribution in [2.45, 2.75) is 32.6 Å². The summed E-state index contributed by atoms with van der Waals surface area (Å²) in [6, 6.07) is 20.4. The summed E-state index contributed by atoms with van der Waals surface area (Å²) >= 11 is 0. The second kappa shape index (κ2) is 11.0. The molecule has 3 aromatic rings. The highest BCUT2D eigenvalue weighted by atomic mass is 15.3. The SMILES string of the molecule is CN=C(NCCCc1nn(-c2ccccc2)c(N)c1C#N)NCC(C)c1cccc(C)c1. The van der Waals surface area contributed by atoms with Crippen LogP contribution in [-0.2, 0) is 6.42 Å². The van der Waals surface area contributed by atoms with Crippen molar-refractivity contribution in [2.75, 3.05) is 25.9 Å². The molecule has 3 rings (SSSR count). The smallest absolute Gasteiger partial charge is 0.190 e. The molecule has 0 aliphatic rings. The minimum atomic E-state index is 0.372. The Labute approximate surface area is 190 Å². The van der Waals surface area contributed by atoms with Crippen molar-refractivity contribution in [2.24, 2.45) is 4.99 Å². The van der Waals surface area contributed by atoms with Gasteiger partial charge < -0.3 is 16.4 Å². The average molecular weight is 430 g/mol. The Morgan fingerprint density at radius 1 is 1.19 bits per heavy atom. The molecule has 1 aromatic heterocycles. The van der Waals surface area contributed by atoms with E-state index in [1.54, 1.807) is 11.7 Å². The highest BCUT2D eigenvalue weighted by molar-refractivity contribution is 5.79. The lowest BCUT2D eigenvalue weighted by atomic mass is 9.99. The summed E-state index contributed by atoms with van der Waals surface area (Å²) in [7, 11) is 1.77. The molecule has 0 saturated carbocycles. The van der Waals surface area contributed by atoms with Crippen molar-refractivity contribution < 1.29 is 0 Å². The van der Waals surface area contributed by atoms with Gasteiger partial charge in [0.05, 0.1) is 11.4 Å². The number of anilines is 1. The number of aryl methyl sites for hydroxylation is 2. The molecule has 166 valence electrons. The summed E-state index contributed by atoms with van der Waals surface area (Å²) < 4.78 is 1.63. The molecule has 1 unspecified atom stereocenters. The molecule has 0 spiro atoms. The van der Waals surface area contributed by atoms with Gasteiger partial charge in [-0.3, -0.25) is 4.99 Å². The fourth-order valence-electron chi connectivity index (χ4n) is 3.57. The number of para-hydroxylation sites is 1. The van der Waals surface area contributed by atoms with Gasteiger partial charge in [-0.05, 0) is 43.4 Å². The van der Waals surface area contributed by atoms with Crippen LogP contribution in [0.15, 0.2) is 59.6 Å². The number of aliphatic imine (C=N–C) groups is 1. The van der Waals surface area contributed by atoms with Crippen LogP contribution >= 0.6 is 0 Å². The molecule has 2 aromatic carbocycles. The van der Waals surface area contributed by atoms with E-state index in [1.807, 2.05) is 30.3 Å². The maximum Gasteiger partial charge on any atom is 0.190 e. The van der Waals surface area contributed by atoms with Crippen molar-refractivity contribution in [3.05, 3.63) is 77.0 Å². The van der Waals surface area contributed by atoms with Gasteiger partial charge in [0.25, 0.3) is 0 Å². The molecule has 32 heavy (non-hydrogen) atoms. The minimum absolute atomic E-state index is 0.372. The van der Waals surface area contributed by atoms with Gasteiger partial charge >= 0.3 is 0 Å². The van der Waals surface area contributed by atoms with Crippen LogP contribution in [0.4, 0.5) is 5.82 Å². The number of nitrogens with one attached hydrogen (secondary N) is 2. The van der Waals surface area contributed by atoms with E-state index in [9.17, 15) is 5.26 Å². The predicted octanol–water partition coefficient (Wildman–Crippen LogP) is 3.54. The van der Waals surface area contributed by atoms with E-state index < -0.39 is 0 Å². The molecule has 1 heterocycles. The molecule has 7 heteroatoms. The number of hydrogen-bond acceptors (Lipinski definition) is 4. The van der Waals surface area contributed by atoms with E-state index >= 15 is 0 Å². The van der Waals surface area contributed by atoms with Crippen molar-refractivity contribution in [1.82, 2.24) is 20.4 Å². The van der Waals surface area contributed by atoms with Crippen LogP contribution in [0.5, 0.6) is 0 Å². The number of nitrogen functional groups attached to an aromatic ring is 1. The quantitative estimate of drug-likeness (QED) is 0.289.